The number of pyridine rings is 2. The van der Waals surface area contributed by atoms with Gasteiger partial charge < -0.3 is 20.6 Å². The third-order valence-electron chi connectivity index (χ3n) is 6.37. The molecule has 4 heterocycles. The lowest BCUT2D eigenvalue weighted by Crippen LogP contribution is -2.34. The van der Waals surface area contributed by atoms with Crippen LogP contribution < -0.4 is 16.1 Å². The Morgan fingerprint density at radius 1 is 1.24 bits per heavy atom. The zero-order valence-corrected chi connectivity index (χ0v) is 19.3. The molecule has 172 valence electrons. The highest BCUT2D eigenvalue weighted by Gasteiger charge is 2.24. The van der Waals surface area contributed by atoms with Crippen molar-refractivity contribution in [3.63, 3.8) is 0 Å². The van der Waals surface area contributed by atoms with Crippen molar-refractivity contribution in [2.75, 3.05) is 38.6 Å². The summed E-state index contributed by atoms with van der Waals surface area (Å²) >= 11 is 1.42. The zero-order valence-electron chi connectivity index (χ0n) is 18.5. The van der Waals surface area contributed by atoms with Gasteiger partial charge in [0, 0.05) is 19.1 Å². The van der Waals surface area contributed by atoms with E-state index in [9.17, 15) is 9.59 Å². The Morgan fingerprint density at radius 2 is 2.09 bits per heavy atom. The summed E-state index contributed by atoms with van der Waals surface area (Å²) in [5.74, 6) is 0.229. The van der Waals surface area contributed by atoms with Crippen LogP contribution in [0.2, 0.25) is 0 Å². The van der Waals surface area contributed by atoms with Gasteiger partial charge in [0.2, 0.25) is 5.43 Å². The van der Waals surface area contributed by atoms with Gasteiger partial charge in [-0.3, -0.25) is 14.0 Å². The Balaban J connectivity index is 1.59. The monoisotopic (exact) mass is 465 g/mol. The van der Waals surface area contributed by atoms with Gasteiger partial charge in [-0.1, -0.05) is 12.1 Å². The first-order chi connectivity index (χ1) is 16.1. The van der Waals surface area contributed by atoms with E-state index in [1.165, 1.54) is 17.8 Å². The molecule has 1 aliphatic heterocycles. The number of nitrogens with one attached hydrogen (secondary N) is 2. The zero-order chi connectivity index (χ0) is 22.9. The van der Waals surface area contributed by atoms with Gasteiger partial charge >= 0.3 is 0 Å². The van der Waals surface area contributed by atoms with Crippen LogP contribution >= 0.6 is 11.3 Å². The number of carbonyl (C=O) groups is 1. The molecule has 3 aromatic heterocycles. The van der Waals surface area contributed by atoms with Gasteiger partial charge in [0.15, 0.2) is 5.65 Å². The molecule has 33 heavy (non-hydrogen) atoms. The lowest BCUT2D eigenvalue weighted by Gasteiger charge is -2.19. The summed E-state index contributed by atoms with van der Waals surface area (Å²) in [6.07, 6.45) is 3.20. The van der Waals surface area contributed by atoms with E-state index >= 15 is 0 Å². The number of para-hydroxylation sites is 1. The lowest BCUT2D eigenvalue weighted by molar-refractivity contribution is 0.0951. The smallest absolute Gasteiger partial charge is 0.258 e. The van der Waals surface area contributed by atoms with Gasteiger partial charge in [0.1, 0.15) is 16.2 Å². The van der Waals surface area contributed by atoms with Gasteiger partial charge in [-0.15, -0.1) is 11.3 Å². The number of nitrogens with zero attached hydrogens (tertiary/aromatic N) is 3. The molecule has 3 N–H and O–H groups in total. The fourth-order valence-electron chi connectivity index (χ4n) is 4.66. The van der Waals surface area contributed by atoms with E-state index in [1.807, 2.05) is 28.7 Å². The molecule has 0 radical (unpaired) electrons. The molecule has 0 bridgehead atoms. The van der Waals surface area contributed by atoms with Crippen molar-refractivity contribution in [3.05, 3.63) is 52.2 Å². The molecule has 1 aliphatic rings. The number of fused-ring (bicyclic) bond motifs is 5. The number of rotatable bonds is 7. The van der Waals surface area contributed by atoms with Crippen LogP contribution in [0.5, 0.6) is 0 Å². The number of hydrogen-bond donors (Lipinski definition) is 3. The second-order valence-electron chi connectivity index (χ2n) is 8.45. The second kappa shape index (κ2) is 9.09. The number of carbonyl (C=O) groups excluding carboxylic acids is 1. The van der Waals surface area contributed by atoms with Crippen LogP contribution in [0.25, 0.3) is 26.1 Å². The normalized spacial score (nSPS) is 16.7. The van der Waals surface area contributed by atoms with Crippen LogP contribution in [0.3, 0.4) is 0 Å². The molecule has 1 saturated heterocycles. The summed E-state index contributed by atoms with van der Waals surface area (Å²) in [7, 11) is 2.12. The number of amides is 1. The van der Waals surface area contributed by atoms with Gasteiger partial charge in [0.25, 0.3) is 5.91 Å². The fourth-order valence-corrected chi connectivity index (χ4v) is 5.84. The summed E-state index contributed by atoms with van der Waals surface area (Å²) in [5.41, 5.74) is 1.25. The average molecular weight is 466 g/mol. The Hall–Kier alpha value is -3.01. The average Bonchev–Trinajstić information content (AvgIpc) is 3.41. The fraction of sp³-hybridized carbons (Fsp3) is 0.375. The highest BCUT2D eigenvalue weighted by molar-refractivity contribution is 7.24. The predicted octanol–water partition coefficient (Wildman–Crippen LogP) is 2.68. The number of benzene rings is 1. The van der Waals surface area contributed by atoms with E-state index in [-0.39, 0.29) is 23.5 Å². The third kappa shape index (κ3) is 3.96. The number of thiazole rings is 1. The van der Waals surface area contributed by atoms with E-state index in [4.69, 9.17) is 5.11 Å². The molecule has 1 amide bonds. The van der Waals surface area contributed by atoms with E-state index in [1.54, 1.807) is 12.1 Å². The van der Waals surface area contributed by atoms with Crippen molar-refractivity contribution in [2.45, 2.75) is 25.3 Å². The standard InChI is InChI=1S/C24H27N5O3S/c1-28-13-4-5-15(28)10-11-26-23(32)20-21(31)16-8-9-19(25-12-14-30)27-22(16)29-17-6-2-3-7-18(17)33-24(20)29/h2-3,6-9,15,30H,4-5,10-14H2,1H3,(H,25,27)(H,26,32). The Bertz CT molecular complexity index is 1400. The summed E-state index contributed by atoms with van der Waals surface area (Å²) in [5, 5.41) is 15.6. The quantitative estimate of drug-likeness (QED) is 0.388. The number of anilines is 1. The van der Waals surface area contributed by atoms with Crippen LogP contribution in [-0.4, -0.2) is 64.6 Å². The van der Waals surface area contributed by atoms with E-state index in [0.717, 1.165) is 29.6 Å². The van der Waals surface area contributed by atoms with E-state index in [0.29, 0.717) is 40.8 Å². The van der Waals surface area contributed by atoms with Crippen LogP contribution in [0.4, 0.5) is 5.82 Å². The summed E-state index contributed by atoms with van der Waals surface area (Å²) in [4.78, 5) is 34.3. The predicted molar refractivity (Wildman–Crippen MR) is 133 cm³/mol. The second-order valence-corrected chi connectivity index (χ2v) is 9.48. The van der Waals surface area contributed by atoms with Gasteiger partial charge in [-0.2, -0.15) is 0 Å². The topological polar surface area (TPSA) is 99.0 Å². The van der Waals surface area contributed by atoms with Crippen LogP contribution in [0.1, 0.15) is 29.6 Å². The highest BCUT2D eigenvalue weighted by Crippen LogP contribution is 2.31. The third-order valence-corrected chi connectivity index (χ3v) is 7.51. The largest absolute Gasteiger partial charge is 0.395 e. The number of aliphatic hydroxyl groups excluding tert-OH is 1. The minimum Gasteiger partial charge on any atom is -0.395 e. The van der Waals surface area contributed by atoms with Crippen molar-refractivity contribution in [3.8, 4) is 0 Å². The van der Waals surface area contributed by atoms with Crippen LogP contribution in [-0.2, 0) is 0 Å². The summed E-state index contributed by atoms with van der Waals surface area (Å²) in [6, 6.07) is 11.7. The molecule has 0 spiro atoms. The van der Waals surface area contributed by atoms with Crippen LogP contribution in [0, 0.1) is 0 Å². The molecule has 1 atom stereocenters. The molecule has 1 unspecified atom stereocenters. The van der Waals surface area contributed by atoms with Crippen LogP contribution in [0.15, 0.2) is 41.2 Å². The molecular weight excluding hydrogens is 438 g/mol. The molecule has 9 heteroatoms. The molecule has 1 fully saturated rings. The first-order valence-electron chi connectivity index (χ1n) is 11.3. The summed E-state index contributed by atoms with van der Waals surface area (Å²) < 4.78 is 2.88. The number of aromatic nitrogens is 2. The van der Waals surface area contributed by atoms with Crippen molar-refractivity contribution in [1.29, 1.82) is 0 Å². The lowest BCUT2D eigenvalue weighted by atomic mass is 10.1. The summed E-state index contributed by atoms with van der Waals surface area (Å²) in [6.45, 7) is 1.96. The number of likely N-dealkylation sites (tertiary alicyclic amines) is 1. The first kappa shape index (κ1) is 21.8. The van der Waals surface area contributed by atoms with E-state index in [2.05, 4.69) is 27.6 Å². The first-order valence-corrected chi connectivity index (χ1v) is 12.1. The molecule has 0 saturated carbocycles. The SMILES string of the molecule is CN1CCCC1CCNC(=O)c1c(=O)c2ccc(NCCO)nc2n2c1sc1ccccc12. The Kier molecular flexibility index (Phi) is 6.01. The van der Waals surface area contributed by atoms with Gasteiger partial charge in [-0.25, -0.2) is 4.98 Å². The maximum atomic E-state index is 13.5. The van der Waals surface area contributed by atoms with Crippen molar-refractivity contribution in [1.82, 2.24) is 19.6 Å². The van der Waals surface area contributed by atoms with Gasteiger partial charge in [0.05, 0.1) is 22.2 Å². The number of aliphatic hydroxyl groups is 1. The maximum Gasteiger partial charge on any atom is 0.258 e. The van der Waals surface area contributed by atoms with Crippen molar-refractivity contribution >= 4 is 49.1 Å². The van der Waals surface area contributed by atoms with Gasteiger partial charge in [-0.05, 0) is 57.1 Å². The van der Waals surface area contributed by atoms with Crippen molar-refractivity contribution < 1.29 is 9.90 Å². The minimum atomic E-state index is -0.339. The molecule has 0 aliphatic carbocycles. The molecular formula is C24H27N5O3S. The minimum absolute atomic E-state index is 0.0216. The van der Waals surface area contributed by atoms with E-state index < -0.39 is 0 Å². The molecule has 4 aromatic rings. The molecule has 8 nitrogen and oxygen atoms in total. The van der Waals surface area contributed by atoms with Crippen molar-refractivity contribution in [2.24, 2.45) is 0 Å². The Morgan fingerprint density at radius 3 is 2.88 bits per heavy atom. The molecule has 1 aromatic carbocycles. The number of hydrogen-bond acceptors (Lipinski definition) is 7. The highest BCUT2D eigenvalue weighted by atomic mass is 32.1. The molecule has 5 rings (SSSR count). The Labute approximate surface area is 194 Å². The maximum absolute atomic E-state index is 13.5.